The molecule has 3 aromatic rings. The van der Waals surface area contributed by atoms with Crippen LogP contribution in [0.5, 0.6) is 0 Å². The van der Waals surface area contributed by atoms with Gasteiger partial charge in [0, 0.05) is 5.69 Å². The second-order valence-electron chi connectivity index (χ2n) is 4.58. The zero-order valence-corrected chi connectivity index (χ0v) is 14.9. The summed E-state index contributed by atoms with van der Waals surface area (Å²) >= 11 is 5.88. The predicted octanol–water partition coefficient (Wildman–Crippen LogP) is 5.00. The van der Waals surface area contributed by atoms with Gasteiger partial charge in [-0.05, 0) is 40.2 Å². The van der Waals surface area contributed by atoms with Crippen LogP contribution in [0.15, 0.2) is 46.3 Å². The van der Waals surface area contributed by atoms with Crippen molar-refractivity contribution in [3.63, 3.8) is 0 Å². The average Bonchev–Trinajstić information content (AvgIpc) is 3.11. The van der Waals surface area contributed by atoms with Crippen LogP contribution in [0.4, 0.5) is 16.4 Å². The number of carbonyl (C=O) groups is 1. The van der Waals surface area contributed by atoms with Gasteiger partial charge in [0.2, 0.25) is 5.78 Å². The molecule has 23 heavy (non-hydrogen) atoms. The number of carbonyl (C=O) groups excluding carboxylic acids is 1. The number of hydrogen-bond donors (Lipinski definition) is 2. The predicted molar refractivity (Wildman–Crippen MR) is 98.6 cm³/mol. The summed E-state index contributed by atoms with van der Waals surface area (Å²) in [4.78, 5) is 13.6. The molecule has 7 heteroatoms. The highest BCUT2D eigenvalue weighted by atomic mass is 79.9. The van der Waals surface area contributed by atoms with Crippen LogP contribution in [0.1, 0.15) is 20.1 Å². The third kappa shape index (κ3) is 3.15. The van der Waals surface area contributed by atoms with Crippen molar-refractivity contribution in [1.82, 2.24) is 0 Å². The summed E-state index contributed by atoms with van der Waals surface area (Å²) in [5.41, 5.74) is 7.40. The second-order valence-corrected chi connectivity index (χ2v) is 8.07. The first-order chi connectivity index (χ1) is 11.1. The number of hydrogen-bond acceptors (Lipinski definition) is 6. The van der Waals surface area contributed by atoms with E-state index in [0.29, 0.717) is 20.3 Å². The van der Waals surface area contributed by atoms with Gasteiger partial charge in [0.25, 0.3) is 0 Å². The van der Waals surface area contributed by atoms with E-state index in [2.05, 4.69) is 27.3 Å². The number of rotatable bonds is 4. The van der Waals surface area contributed by atoms with Crippen molar-refractivity contribution in [3.8, 4) is 6.07 Å². The zero-order valence-electron chi connectivity index (χ0n) is 11.7. The monoisotopic (exact) mass is 403 g/mol. The lowest BCUT2D eigenvalue weighted by Gasteiger charge is -2.03. The Hall–Kier alpha value is -2.14. The Kier molecular flexibility index (Phi) is 4.48. The van der Waals surface area contributed by atoms with Crippen molar-refractivity contribution in [2.45, 2.75) is 0 Å². The Morgan fingerprint density at radius 1 is 1.17 bits per heavy atom. The molecular formula is C16H10BrN3OS2. The first-order valence-electron chi connectivity index (χ1n) is 6.54. The number of ketones is 1. The summed E-state index contributed by atoms with van der Waals surface area (Å²) in [6.45, 7) is 0. The maximum atomic E-state index is 12.6. The number of benzene rings is 1. The lowest BCUT2D eigenvalue weighted by molar-refractivity contribution is 0.104. The number of para-hydroxylation sites is 1. The Labute approximate surface area is 149 Å². The van der Waals surface area contributed by atoms with Crippen LogP contribution in [-0.2, 0) is 0 Å². The highest BCUT2D eigenvalue weighted by molar-refractivity contribution is 9.11. The van der Waals surface area contributed by atoms with Crippen molar-refractivity contribution in [2.75, 3.05) is 11.1 Å². The summed E-state index contributed by atoms with van der Waals surface area (Å²) in [6.07, 6.45) is 0. The third-order valence-corrected chi connectivity index (χ3v) is 5.83. The van der Waals surface area contributed by atoms with Crippen molar-refractivity contribution in [1.29, 1.82) is 5.26 Å². The minimum Gasteiger partial charge on any atom is -0.396 e. The van der Waals surface area contributed by atoms with Gasteiger partial charge in [-0.15, -0.1) is 22.7 Å². The smallest absolute Gasteiger partial charge is 0.215 e. The lowest BCUT2D eigenvalue weighted by atomic mass is 10.2. The number of thiophene rings is 2. The van der Waals surface area contributed by atoms with E-state index in [9.17, 15) is 10.1 Å². The van der Waals surface area contributed by atoms with E-state index in [1.165, 1.54) is 22.7 Å². The quantitative estimate of drug-likeness (QED) is 0.600. The molecule has 0 saturated heterocycles. The highest BCUT2D eigenvalue weighted by Gasteiger charge is 2.23. The van der Waals surface area contributed by atoms with Gasteiger partial charge in [0.1, 0.15) is 21.5 Å². The van der Waals surface area contributed by atoms with Gasteiger partial charge in [-0.3, -0.25) is 4.79 Å². The Bertz CT molecular complexity index is 909. The first kappa shape index (κ1) is 15.7. The molecule has 0 aliphatic heterocycles. The fraction of sp³-hybridized carbons (Fsp3) is 0. The van der Waals surface area contributed by atoms with Crippen molar-refractivity contribution in [2.24, 2.45) is 0 Å². The largest absolute Gasteiger partial charge is 0.396 e. The van der Waals surface area contributed by atoms with Gasteiger partial charge in [-0.1, -0.05) is 18.2 Å². The zero-order chi connectivity index (χ0) is 16.4. The minimum absolute atomic E-state index is 0.166. The molecule has 0 unspecified atom stereocenters. The molecule has 0 amide bonds. The summed E-state index contributed by atoms with van der Waals surface area (Å²) in [5, 5.41) is 13.1. The Balaban J connectivity index is 2.00. The molecule has 0 aliphatic carbocycles. The van der Waals surface area contributed by atoms with Gasteiger partial charge in [-0.25, -0.2) is 0 Å². The molecule has 2 aromatic heterocycles. The molecule has 3 N–H and O–H groups in total. The molecule has 114 valence electrons. The number of nitrogen functional groups attached to an aromatic ring is 1. The van der Waals surface area contributed by atoms with E-state index in [1.807, 2.05) is 36.4 Å². The lowest BCUT2D eigenvalue weighted by Crippen LogP contribution is -2.00. The molecule has 0 aliphatic rings. The van der Waals surface area contributed by atoms with Crippen LogP contribution in [0.3, 0.4) is 0 Å². The first-order valence-corrected chi connectivity index (χ1v) is 8.97. The van der Waals surface area contributed by atoms with Crippen LogP contribution in [0, 0.1) is 11.3 Å². The van der Waals surface area contributed by atoms with Crippen molar-refractivity contribution in [3.05, 3.63) is 61.6 Å². The molecule has 1 aromatic carbocycles. The van der Waals surface area contributed by atoms with Crippen LogP contribution < -0.4 is 11.1 Å². The number of nitrogens with one attached hydrogen (secondary N) is 1. The third-order valence-electron chi connectivity index (χ3n) is 3.09. The van der Waals surface area contributed by atoms with Gasteiger partial charge >= 0.3 is 0 Å². The van der Waals surface area contributed by atoms with Crippen LogP contribution in [0.25, 0.3) is 0 Å². The molecule has 4 nitrogen and oxygen atoms in total. The van der Waals surface area contributed by atoms with E-state index in [1.54, 1.807) is 6.07 Å². The SMILES string of the molecule is N#Cc1c(Nc2ccccc2)sc(C(=O)c2ccc(Br)s2)c1N. The maximum Gasteiger partial charge on any atom is 0.215 e. The maximum absolute atomic E-state index is 12.6. The molecule has 0 saturated carbocycles. The second kappa shape index (κ2) is 6.54. The fourth-order valence-electron chi connectivity index (χ4n) is 2.01. The van der Waals surface area contributed by atoms with E-state index >= 15 is 0 Å². The standard InChI is InChI=1S/C16H10BrN3OS2/c17-12-7-6-11(22-12)14(21)15-13(19)10(8-18)16(23-15)20-9-4-2-1-3-5-9/h1-7,20H,19H2. The number of halogens is 1. The summed E-state index contributed by atoms with van der Waals surface area (Å²) in [5.74, 6) is -0.166. The molecule has 0 bridgehead atoms. The number of nitrogens with two attached hydrogens (primary N) is 1. The summed E-state index contributed by atoms with van der Waals surface area (Å²) in [7, 11) is 0. The molecule has 2 heterocycles. The normalized spacial score (nSPS) is 10.3. The van der Waals surface area contributed by atoms with Crippen LogP contribution in [0.2, 0.25) is 0 Å². The van der Waals surface area contributed by atoms with Gasteiger partial charge < -0.3 is 11.1 Å². The van der Waals surface area contributed by atoms with Crippen LogP contribution >= 0.6 is 38.6 Å². The van der Waals surface area contributed by atoms with Gasteiger partial charge in [-0.2, -0.15) is 5.26 Å². The Morgan fingerprint density at radius 3 is 2.52 bits per heavy atom. The van der Waals surface area contributed by atoms with Crippen molar-refractivity contribution >= 4 is 60.8 Å². The molecule has 0 fully saturated rings. The number of nitriles is 1. The van der Waals surface area contributed by atoms with Gasteiger partial charge in [0.05, 0.1) is 14.4 Å². The molecule has 0 spiro atoms. The number of anilines is 3. The fourth-order valence-corrected chi connectivity index (χ4v) is 4.45. The Morgan fingerprint density at radius 2 is 1.91 bits per heavy atom. The molecular weight excluding hydrogens is 394 g/mol. The molecule has 0 atom stereocenters. The topological polar surface area (TPSA) is 78.9 Å². The molecule has 3 rings (SSSR count). The van der Waals surface area contributed by atoms with Crippen LogP contribution in [-0.4, -0.2) is 5.78 Å². The summed E-state index contributed by atoms with van der Waals surface area (Å²) in [6, 6.07) is 15.1. The van der Waals surface area contributed by atoms with E-state index in [-0.39, 0.29) is 11.5 Å². The van der Waals surface area contributed by atoms with Gasteiger partial charge in [0.15, 0.2) is 0 Å². The summed E-state index contributed by atoms with van der Waals surface area (Å²) < 4.78 is 0.874. The molecule has 0 radical (unpaired) electrons. The average molecular weight is 404 g/mol. The van der Waals surface area contributed by atoms with Crippen molar-refractivity contribution < 1.29 is 4.79 Å². The minimum atomic E-state index is -0.166. The number of nitrogens with zero attached hydrogens (tertiary/aromatic N) is 1. The van der Waals surface area contributed by atoms with E-state index < -0.39 is 0 Å². The van der Waals surface area contributed by atoms with E-state index in [0.717, 1.165) is 9.47 Å². The van der Waals surface area contributed by atoms with E-state index in [4.69, 9.17) is 5.73 Å². The highest BCUT2D eigenvalue weighted by Crippen LogP contribution is 2.39.